The van der Waals surface area contributed by atoms with Crippen LogP contribution in [0.5, 0.6) is 0 Å². The molecule has 2 N–H and O–H groups in total. The van der Waals surface area contributed by atoms with E-state index in [4.69, 9.17) is 10.5 Å². The number of piperazine rings is 1. The van der Waals surface area contributed by atoms with E-state index < -0.39 is 18.0 Å². The van der Waals surface area contributed by atoms with Gasteiger partial charge >= 0.3 is 5.97 Å². The highest BCUT2D eigenvalue weighted by molar-refractivity contribution is 5.89. The lowest BCUT2D eigenvalue weighted by molar-refractivity contribution is -0.131. The van der Waals surface area contributed by atoms with Crippen LogP contribution in [-0.2, 0) is 14.3 Å². The van der Waals surface area contributed by atoms with Gasteiger partial charge in [-0.05, 0) is 18.7 Å². The van der Waals surface area contributed by atoms with Gasteiger partial charge in [-0.1, -0.05) is 25.1 Å². The topological polar surface area (TPSA) is 96.2 Å². The Morgan fingerprint density at radius 3 is 2.33 bits per heavy atom. The number of carbonyl (C=O) groups excluding carboxylic acids is 3. The Hall–Kier alpha value is -2.45. The Bertz CT molecular complexity index is 734. The summed E-state index contributed by atoms with van der Waals surface area (Å²) in [6, 6.07) is 8.72. The van der Waals surface area contributed by atoms with Gasteiger partial charge in [-0.15, -0.1) is 0 Å². The first kappa shape index (κ1) is 22.2. The number of esters is 1. The molecule has 164 valence electrons. The second-order valence-electron chi connectivity index (χ2n) is 8.06. The largest absolute Gasteiger partial charge is 0.457 e. The molecule has 2 amide bonds. The van der Waals surface area contributed by atoms with Crippen molar-refractivity contribution >= 4 is 17.8 Å². The van der Waals surface area contributed by atoms with E-state index in [1.807, 2.05) is 6.07 Å². The fraction of sp³-hybridized carbons (Fsp3) is 0.591. The molecule has 0 unspecified atom stereocenters. The van der Waals surface area contributed by atoms with E-state index in [1.54, 1.807) is 29.2 Å². The van der Waals surface area contributed by atoms with Crippen molar-refractivity contribution in [3.8, 4) is 0 Å². The minimum atomic E-state index is -0.526. The molecule has 2 aliphatic rings. The molecule has 2 aliphatic heterocycles. The van der Waals surface area contributed by atoms with Crippen LogP contribution in [0.1, 0.15) is 30.1 Å². The maximum Gasteiger partial charge on any atom is 0.338 e. The van der Waals surface area contributed by atoms with E-state index in [-0.39, 0.29) is 18.2 Å². The summed E-state index contributed by atoms with van der Waals surface area (Å²) in [6.45, 7) is 8.66. The highest BCUT2D eigenvalue weighted by Crippen LogP contribution is 2.25. The number of hydrogen-bond donors (Lipinski definition) is 1. The zero-order valence-electron chi connectivity index (χ0n) is 17.7. The van der Waals surface area contributed by atoms with Gasteiger partial charge in [0.05, 0.1) is 12.1 Å². The van der Waals surface area contributed by atoms with Crippen molar-refractivity contribution in [1.29, 1.82) is 0 Å². The van der Waals surface area contributed by atoms with Crippen LogP contribution in [0.15, 0.2) is 30.3 Å². The van der Waals surface area contributed by atoms with Gasteiger partial charge in [0, 0.05) is 58.0 Å². The number of rotatable bonds is 8. The first-order chi connectivity index (χ1) is 14.5. The Kier molecular flexibility index (Phi) is 7.81. The molecule has 0 radical (unpaired) electrons. The lowest BCUT2D eigenvalue weighted by atomic mass is 10.0. The highest BCUT2D eigenvalue weighted by atomic mass is 16.5. The van der Waals surface area contributed by atoms with Crippen LogP contribution in [0.25, 0.3) is 0 Å². The van der Waals surface area contributed by atoms with Gasteiger partial charge in [0.15, 0.2) is 0 Å². The number of nitrogens with two attached hydrogens (primary N) is 1. The summed E-state index contributed by atoms with van der Waals surface area (Å²) in [5, 5.41) is 0. The number of nitrogens with zero attached hydrogens (tertiary/aromatic N) is 3. The molecule has 0 aromatic heterocycles. The van der Waals surface area contributed by atoms with Gasteiger partial charge in [-0.3, -0.25) is 9.59 Å². The molecule has 1 aromatic rings. The van der Waals surface area contributed by atoms with Crippen LogP contribution in [0.4, 0.5) is 0 Å². The van der Waals surface area contributed by atoms with Crippen LogP contribution in [0.2, 0.25) is 0 Å². The van der Waals surface area contributed by atoms with E-state index in [9.17, 15) is 14.4 Å². The molecule has 0 saturated carbocycles. The second-order valence-corrected chi connectivity index (χ2v) is 8.06. The van der Waals surface area contributed by atoms with Crippen molar-refractivity contribution in [3.05, 3.63) is 35.9 Å². The van der Waals surface area contributed by atoms with Crippen LogP contribution in [-0.4, -0.2) is 90.9 Å². The third kappa shape index (κ3) is 6.03. The predicted molar refractivity (Wildman–Crippen MR) is 113 cm³/mol. The van der Waals surface area contributed by atoms with Gasteiger partial charge < -0.3 is 25.2 Å². The third-order valence-corrected chi connectivity index (χ3v) is 6.02. The zero-order valence-corrected chi connectivity index (χ0v) is 17.7. The Morgan fingerprint density at radius 1 is 1.03 bits per heavy atom. The summed E-state index contributed by atoms with van der Waals surface area (Å²) in [7, 11) is 0. The second kappa shape index (κ2) is 10.5. The van der Waals surface area contributed by atoms with Crippen LogP contribution >= 0.6 is 0 Å². The smallest absolute Gasteiger partial charge is 0.338 e. The summed E-state index contributed by atoms with van der Waals surface area (Å²) in [4.78, 5) is 43.1. The van der Waals surface area contributed by atoms with Crippen molar-refractivity contribution in [3.63, 3.8) is 0 Å². The number of benzene rings is 1. The molecular formula is C22H32N4O4. The molecule has 2 fully saturated rings. The predicted octanol–water partition coefficient (Wildman–Crippen LogP) is 0.573. The van der Waals surface area contributed by atoms with Gasteiger partial charge in [0.1, 0.15) is 6.10 Å². The lowest BCUT2D eigenvalue weighted by Crippen LogP contribution is -2.47. The van der Waals surface area contributed by atoms with Crippen LogP contribution < -0.4 is 5.73 Å². The number of carbonyl (C=O) groups is 3. The quantitative estimate of drug-likeness (QED) is 0.623. The number of ether oxygens (including phenoxy) is 1. The number of likely N-dealkylation sites (tertiary alicyclic amines) is 1. The van der Waals surface area contributed by atoms with Gasteiger partial charge in [-0.25, -0.2) is 4.79 Å². The molecule has 8 heteroatoms. The molecule has 3 rings (SSSR count). The van der Waals surface area contributed by atoms with E-state index in [0.717, 1.165) is 39.3 Å². The summed E-state index contributed by atoms with van der Waals surface area (Å²) in [5.74, 6) is -1.14. The first-order valence-electron chi connectivity index (χ1n) is 10.7. The Labute approximate surface area is 177 Å². The summed E-state index contributed by atoms with van der Waals surface area (Å²) < 4.78 is 5.65. The normalized spacial score (nSPS) is 22.8. The van der Waals surface area contributed by atoms with E-state index >= 15 is 0 Å². The van der Waals surface area contributed by atoms with E-state index in [0.29, 0.717) is 25.1 Å². The van der Waals surface area contributed by atoms with Gasteiger partial charge in [-0.2, -0.15) is 0 Å². The molecule has 0 bridgehead atoms. The molecular weight excluding hydrogens is 384 g/mol. The average Bonchev–Trinajstić information content (AvgIpc) is 3.14. The SMILES string of the molecule is CCN1CCN(CCC(=O)N2C[C@H](CC(N)=O)[C@H](OC(=O)c3ccccc3)C2)CC1. The highest BCUT2D eigenvalue weighted by Gasteiger charge is 2.38. The number of primary amides is 1. The van der Waals surface area contributed by atoms with Crippen LogP contribution in [0, 0.1) is 5.92 Å². The molecule has 2 heterocycles. The van der Waals surface area contributed by atoms with Crippen molar-refractivity contribution in [1.82, 2.24) is 14.7 Å². The number of hydrogen-bond acceptors (Lipinski definition) is 6. The maximum absolute atomic E-state index is 12.8. The molecule has 2 saturated heterocycles. The summed E-state index contributed by atoms with van der Waals surface area (Å²) >= 11 is 0. The number of amides is 2. The molecule has 1 aromatic carbocycles. The Balaban J connectivity index is 1.53. The maximum atomic E-state index is 12.8. The third-order valence-electron chi connectivity index (χ3n) is 6.02. The summed E-state index contributed by atoms with van der Waals surface area (Å²) in [5.41, 5.74) is 5.83. The Morgan fingerprint density at radius 2 is 1.70 bits per heavy atom. The molecule has 0 aliphatic carbocycles. The minimum Gasteiger partial charge on any atom is -0.457 e. The van der Waals surface area contributed by atoms with E-state index in [1.165, 1.54) is 0 Å². The van der Waals surface area contributed by atoms with Crippen molar-refractivity contribution in [2.24, 2.45) is 11.7 Å². The minimum absolute atomic E-state index is 0.0284. The molecule has 8 nitrogen and oxygen atoms in total. The zero-order chi connectivity index (χ0) is 21.5. The van der Waals surface area contributed by atoms with E-state index in [2.05, 4.69) is 16.7 Å². The fourth-order valence-electron chi connectivity index (χ4n) is 4.15. The standard InChI is InChI=1S/C22H32N4O4/c1-2-24-10-12-25(13-11-24)9-8-21(28)26-15-18(14-20(23)27)19(16-26)30-22(29)17-6-4-3-5-7-17/h3-7,18-19H,2,8-16H2,1H3,(H2,23,27)/t18-,19+/m0/s1. The van der Waals surface area contributed by atoms with Crippen LogP contribution in [0.3, 0.4) is 0 Å². The van der Waals surface area contributed by atoms with Crippen molar-refractivity contribution in [2.45, 2.75) is 25.9 Å². The average molecular weight is 417 g/mol. The molecule has 30 heavy (non-hydrogen) atoms. The molecule has 0 spiro atoms. The fourth-order valence-corrected chi connectivity index (χ4v) is 4.15. The first-order valence-corrected chi connectivity index (χ1v) is 10.7. The lowest BCUT2D eigenvalue weighted by Gasteiger charge is -2.34. The van der Waals surface area contributed by atoms with Crippen molar-refractivity contribution in [2.75, 3.05) is 52.4 Å². The monoisotopic (exact) mass is 416 g/mol. The van der Waals surface area contributed by atoms with Gasteiger partial charge in [0.25, 0.3) is 0 Å². The number of likely N-dealkylation sites (N-methyl/N-ethyl adjacent to an activating group) is 1. The summed E-state index contributed by atoms with van der Waals surface area (Å²) in [6.07, 6.45) is -0.00757. The van der Waals surface area contributed by atoms with Gasteiger partial charge in [0.2, 0.25) is 11.8 Å². The molecule has 2 atom stereocenters. The van der Waals surface area contributed by atoms with Crippen molar-refractivity contribution < 1.29 is 19.1 Å².